The van der Waals surface area contributed by atoms with E-state index in [0.29, 0.717) is 0 Å². The first-order valence-corrected chi connectivity index (χ1v) is 5.45. The third-order valence-corrected chi connectivity index (χ3v) is 2.51. The van der Waals surface area contributed by atoms with Crippen LogP contribution in [-0.2, 0) is 0 Å². The number of carboxylic acid groups (broad SMARTS) is 1. The van der Waals surface area contributed by atoms with Crippen LogP contribution in [0.5, 0.6) is 5.75 Å². The van der Waals surface area contributed by atoms with E-state index < -0.39 is 33.9 Å². The van der Waals surface area contributed by atoms with Gasteiger partial charge in [0.25, 0.3) is 11.6 Å². The van der Waals surface area contributed by atoms with E-state index in [9.17, 15) is 24.8 Å². The van der Waals surface area contributed by atoms with Gasteiger partial charge in [0, 0.05) is 12.1 Å². The molecule has 2 rings (SSSR count). The molecule has 0 saturated heterocycles. The normalized spacial score (nSPS) is 10.1. The largest absolute Gasteiger partial charge is 0.506 e. The number of hydrogen-bond acceptors (Lipinski definition) is 6. The van der Waals surface area contributed by atoms with Gasteiger partial charge in [-0.3, -0.25) is 14.9 Å². The van der Waals surface area contributed by atoms with Crippen LogP contribution in [0.2, 0.25) is 0 Å². The number of hydrogen-bond donors (Lipinski definition) is 4. The number of aromatic nitrogens is 2. The minimum atomic E-state index is -1.39. The number of nitro groups is 1. The molecule has 0 radical (unpaired) electrons. The monoisotopic (exact) mass is 292 g/mol. The Kier molecular flexibility index (Phi) is 3.52. The zero-order valence-electron chi connectivity index (χ0n) is 10.2. The number of carbonyl (C=O) groups excluding carboxylic acids is 1. The second-order valence-corrected chi connectivity index (χ2v) is 3.84. The third-order valence-electron chi connectivity index (χ3n) is 2.51. The first-order chi connectivity index (χ1) is 9.90. The number of phenolic OH excluding ortho intramolecular Hbond substituents is 1. The second-order valence-electron chi connectivity index (χ2n) is 3.84. The summed E-state index contributed by atoms with van der Waals surface area (Å²) in [6.45, 7) is 0. The predicted octanol–water partition coefficient (Wildman–Crippen LogP) is 0.974. The summed E-state index contributed by atoms with van der Waals surface area (Å²) in [5.41, 5.74) is -1.41. The molecule has 1 amide bonds. The molecule has 0 aliphatic heterocycles. The fourth-order valence-corrected chi connectivity index (χ4v) is 1.55. The van der Waals surface area contributed by atoms with Gasteiger partial charge in [-0.2, -0.15) is 0 Å². The molecule has 10 heteroatoms. The van der Waals surface area contributed by atoms with Gasteiger partial charge >= 0.3 is 5.97 Å². The summed E-state index contributed by atoms with van der Waals surface area (Å²) in [4.78, 5) is 38.5. The molecule has 108 valence electrons. The number of amides is 1. The number of carbonyl (C=O) groups is 2. The maximum atomic E-state index is 11.9. The lowest BCUT2D eigenvalue weighted by atomic mass is 10.2. The number of imidazole rings is 1. The molecule has 1 heterocycles. The topological polar surface area (TPSA) is 158 Å². The van der Waals surface area contributed by atoms with E-state index in [1.54, 1.807) is 0 Å². The van der Waals surface area contributed by atoms with Gasteiger partial charge in [0.05, 0.1) is 16.9 Å². The summed E-state index contributed by atoms with van der Waals surface area (Å²) in [7, 11) is 0. The maximum Gasteiger partial charge on any atom is 0.354 e. The molecule has 21 heavy (non-hydrogen) atoms. The average molecular weight is 292 g/mol. The van der Waals surface area contributed by atoms with Crippen molar-refractivity contribution in [3.8, 4) is 5.75 Å². The maximum absolute atomic E-state index is 11.9. The Bertz CT molecular complexity index is 738. The zero-order valence-corrected chi connectivity index (χ0v) is 10.2. The summed E-state index contributed by atoms with van der Waals surface area (Å²) < 4.78 is 0. The number of nitro benzene ring substituents is 1. The van der Waals surface area contributed by atoms with Crippen molar-refractivity contribution in [2.24, 2.45) is 0 Å². The van der Waals surface area contributed by atoms with Crippen LogP contribution in [0.25, 0.3) is 0 Å². The van der Waals surface area contributed by atoms with E-state index in [4.69, 9.17) is 5.11 Å². The summed E-state index contributed by atoms with van der Waals surface area (Å²) in [6.07, 6.45) is 1.02. The number of nitrogens with zero attached hydrogens (tertiary/aromatic N) is 2. The van der Waals surface area contributed by atoms with Crippen LogP contribution in [0, 0.1) is 10.1 Å². The number of aromatic carboxylic acids is 1. The molecule has 2 aromatic rings. The number of H-pyrrole nitrogens is 1. The van der Waals surface area contributed by atoms with Crippen molar-refractivity contribution in [2.45, 2.75) is 0 Å². The Morgan fingerprint density at radius 3 is 2.71 bits per heavy atom. The Hall–Kier alpha value is -3.43. The first-order valence-electron chi connectivity index (χ1n) is 5.45. The lowest BCUT2D eigenvalue weighted by molar-refractivity contribution is -0.384. The van der Waals surface area contributed by atoms with Gasteiger partial charge in [-0.15, -0.1) is 0 Å². The molecular formula is C11H8N4O6. The van der Waals surface area contributed by atoms with Crippen LogP contribution in [0.4, 0.5) is 11.4 Å². The van der Waals surface area contributed by atoms with Crippen molar-refractivity contribution < 1.29 is 24.7 Å². The van der Waals surface area contributed by atoms with Gasteiger partial charge in [-0.1, -0.05) is 0 Å². The molecule has 0 aliphatic carbocycles. The molecule has 1 aromatic carbocycles. The molecule has 10 nitrogen and oxygen atoms in total. The van der Waals surface area contributed by atoms with Crippen LogP contribution < -0.4 is 5.32 Å². The Labute approximate surface area is 116 Å². The summed E-state index contributed by atoms with van der Waals surface area (Å²) >= 11 is 0. The van der Waals surface area contributed by atoms with Gasteiger partial charge in [0.1, 0.15) is 5.75 Å². The molecule has 0 fully saturated rings. The SMILES string of the molecule is O=C(Nc1cc([N+](=O)[O-])ccc1O)c1nc[nH]c1C(=O)O. The van der Waals surface area contributed by atoms with Gasteiger partial charge < -0.3 is 20.5 Å². The Morgan fingerprint density at radius 2 is 2.10 bits per heavy atom. The molecule has 0 unspecified atom stereocenters. The van der Waals surface area contributed by atoms with E-state index in [1.807, 2.05) is 0 Å². The van der Waals surface area contributed by atoms with E-state index in [1.165, 1.54) is 0 Å². The number of aromatic amines is 1. The number of anilines is 1. The standard InChI is InChI=1S/C11H8N4O6/c16-7-2-1-5(15(20)21)3-6(7)14-10(17)8-9(11(18)19)13-4-12-8/h1-4,16H,(H,12,13)(H,14,17)(H,18,19). The van der Waals surface area contributed by atoms with Crippen LogP contribution in [0.3, 0.4) is 0 Å². The lowest BCUT2D eigenvalue weighted by Gasteiger charge is -2.06. The Morgan fingerprint density at radius 1 is 1.38 bits per heavy atom. The highest BCUT2D eigenvalue weighted by Crippen LogP contribution is 2.28. The van der Waals surface area contributed by atoms with Crippen LogP contribution >= 0.6 is 0 Å². The highest BCUT2D eigenvalue weighted by Gasteiger charge is 2.21. The zero-order chi connectivity index (χ0) is 15.6. The second kappa shape index (κ2) is 5.28. The lowest BCUT2D eigenvalue weighted by Crippen LogP contribution is -2.16. The smallest absolute Gasteiger partial charge is 0.354 e. The number of benzene rings is 1. The first kappa shape index (κ1) is 14.0. The molecule has 4 N–H and O–H groups in total. The van der Waals surface area contributed by atoms with E-state index in [0.717, 1.165) is 24.5 Å². The van der Waals surface area contributed by atoms with Crippen molar-refractivity contribution in [1.29, 1.82) is 0 Å². The summed E-state index contributed by atoms with van der Waals surface area (Å²) in [6, 6.07) is 3.04. The summed E-state index contributed by atoms with van der Waals surface area (Å²) in [5.74, 6) is -2.72. The Balaban J connectivity index is 2.31. The number of carboxylic acids is 1. The molecule has 0 spiro atoms. The van der Waals surface area contributed by atoms with Gasteiger partial charge in [0.15, 0.2) is 11.4 Å². The minimum Gasteiger partial charge on any atom is -0.506 e. The van der Waals surface area contributed by atoms with Gasteiger partial charge in [-0.05, 0) is 6.07 Å². The molecule has 1 aromatic heterocycles. The fourth-order valence-electron chi connectivity index (χ4n) is 1.55. The molecule has 0 saturated carbocycles. The van der Waals surface area contributed by atoms with Crippen LogP contribution in [0.15, 0.2) is 24.5 Å². The highest BCUT2D eigenvalue weighted by atomic mass is 16.6. The van der Waals surface area contributed by atoms with E-state index in [-0.39, 0.29) is 11.4 Å². The van der Waals surface area contributed by atoms with Crippen molar-refractivity contribution in [2.75, 3.05) is 5.32 Å². The fraction of sp³-hybridized carbons (Fsp3) is 0. The van der Waals surface area contributed by atoms with Crippen LogP contribution in [-0.4, -0.2) is 37.0 Å². The van der Waals surface area contributed by atoms with E-state index >= 15 is 0 Å². The highest BCUT2D eigenvalue weighted by molar-refractivity contribution is 6.09. The molecule has 0 aliphatic rings. The summed E-state index contributed by atoms with van der Waals surface area (Å²) in [5, 5.41) is 31.2. The molecule has 0 bridgehead atoms. The minimum absolute atomic E-state index is 0.228. The average Bonchev–Trinajstić information content (AvgIpc) is 2.90. The van der Waals surface area contributed by atoms with E-state index in [2.05, 4.69) is 15.3 Å². The molecule has 0 atom stereocenters. The number of rotatable bonds is 4. The number of aromatic hydroxyl groups is 1. The number of phenols is 1. The molecular weight excluding hydrogens is 284 g/mol. The quantitative estimate of drug-likeness (QED) is 0.371. The van der Waals surface area contributed by atoms with Crippen molar-refractivity contribution >= 4 is 23.3 Å². The van der Waals surface area contributed by atoms with Crippen molar-refractivity contribution in [3.05, 3.63) is 46.0 Å². The third kappa shape index (κ3) is 2.78. The number of non-ortho nitro benzene ring substituents is 1. The van der Waals surface area contributed by atoms with Gasteiger partial charge in [0.2, 0.25) is 0 Å². The van der Waals surface area contributed by atoms with Crippen molar-refractivity contribution in [3.63, 3.8) is 0 Å². The number of nitrogens with one attached hydrogen (secondary N) is 2. The van der Waals surface area contributed by atoms with Gasteiger partial charge in [-0.25, -0.2) is 9.78 Å². The predicted molar refractivity (Wildman–Crippen MR) is 68.3 cm³/mol. The van der Waals surface area contributed by atoms with Crippen molar-refractivity contribution in [1.82, 2.24) is 9.97 Å². The van der Waals surface area contributed by atoms with Crippen LogP contribution in [0.1, 0.15) is 21.0 Å².